The van der Waals surface area contributed by atoms with E-state index in [-0.39, 0.29) is 0 Å². The van der Waals surface area contributed by atoms with Crippen molar-refractivity contribution in [1.82, 2.24) is 4.98 Å². The molecule has 2 aromatic heterocycles. The van der Waals surface area contributed by atoms with Crippen molar-refractivity contribution in [2.24, 2.45) is 0 Å². The predicted octanol–water partition coefficient (Wildman–Crippen LogP) is 3.99. The SMILES string of the molecule is CCN(Cc1cccs1)c1nc(Br)cs1. The van der Waals surface area contributed by atoms with E-state index in [2.05, 4.69) is 50.3 Å². The zero-order chi connectivity index (χ0) is 10.7. The van der Waals surface area contributed by atoms with Crippen LogP contribution in [0, 0.1) is 0 Å². The molecule has 0 bridgehead atoms. The summed E-state index contributed by atoms with van der Waals surface area (Å²) in [6, 6.07) is 4.25. The van der Waals surface area contributed by atoms with E-state index in [1.807, 2.05) is 5.38 Å². The van der Waals surface area contributed by atoms with E-state index in [9.17, 15) is 0 Å². The number of hydrogen-bond donors (Lipinski definition) is 0. The highest BCUT2D eigenvalue weighted by molar-refractivity contribution is 9.10. The maximum Gasteiger partial charge on any atom is 0.186 e. The van der Waals surface area contributed by atoms with Crippen LogP contribution in [0.4, 0.5) is 5.13 Å². The van der Waals surface area contributed by atoms with E-state index in [0.717, 1.165) is 22.8 Å². The highest BCUT2D eigenvalue weighted by Crippen LogP contribution is 2.25. The third kappa shape index (κ3) is 2.80. The average molecular weight is 303 g/mol. The minimum absolute atomic E-state index is 0.923. The van der Waals surface area contributed by atoms with Crippen LogP contribution >= 0.6 is 38.6 Å². The molecule has 0 spiro atoms. The minimum atomic E-state index is 0.923. The fourth-order valence-corrected chi connectivity index (χ4v) is 3.33. The lowest BCUT2D eigenvalue weighted by atomic mass is 10.4. The molecule has 15 heavy (non-hydrogen) atoms. The van der Waals surface area contributed by atoms with Crippen molar-refractivity contribution in [3.63, 3.8) is 0 Å². The smallest absolute Gasteiger partial charge is 0.186 e. The van der Waals surface area contributed by atoms with Crippen molar-refractivity contribution in [2.45, 2.75) is 13.5 Å². The first-order valence-electron chi connectivity index (χ1n) is 4.68. The monoisotopic (exact) mass is 302 g/mol. The van der Waals surface area contributed by atoms with Gasteiger partial charge in [-0.05, 0) is 34.3 Å². The number of thiazole rings is 1. The standard InChI is InChI=1S/C10H11BrN2S2/c1-2-13(6-8-4-3-5-14-8)10-12-9(11)7-15-10/h3-5,7H,2,6H2,1H3. The maximum atomic E-state index is 4.43. The van der Waals surface area contributed by atoms with Crippen LogP contribution in [0.15, 0.2) is 27.5 Å². The summed E-state index contributed by atoms with van der Waals surface area (Å²) in [5.74, 6) is 0. The zero-order valence-electron chi connectivity index (χ0n) is 8.31. The quantitative estimate of drug-likeness (QED) is 0.849. The number of anilines is 1. The van der Waals surface area contributed by atoms with Gasteiger partial charge in [0.25, 0.3) is 0 Å². The van der Waals surface area contributed by atoms with Gasteiger partial charge in [-0.25, -0.2) is 4.98 Å². The van der Waals surface area contributed by atoms with Gasteiger partial charge in [0.05, 0.1) is 6.54 Å². The van der Waals surface area contributed by atoms with Crippen LogP contribution in [-0.2, 0) is 6.54 Å². The van der Waals surface area contributed by atoms with Crippen LogP contribution in [0.25, 0.3) is 0 Å². The van der Waals surface area contributed by atoms with E-state index in [1.54, 1.807) is 22.7 Å². The van der Waals surface area contributed by atoms with Gasteiger partial charge in [0.2, 0.25) is 0 Å². The number of nitrogens with zero attached hydrogens (tertiary/aromatic N) is 2. The molecule has 5 heteroatoms. The Morgan fingerprint density at radius 2 is 2.33 bits per heavy atom. The van der Waals surface area contributed by atoms with E-state index in [0.29, 0.717) is 0 Å². The Labute approximate surface area is 106 Å². The second kappa shape index (κ2) is 5.09. The first-order chi connectivity index (χ1) is 7.29. The highest BCUT2D eigenvalue weighted by Gasteiger charge is 2.09. The third-order valence-electron chi connectivity index (χ3n) is 2.04. The van der Waals surface area contributed by atoms with Crippen molar-refractivity contribution >= 4 is 43.7 Å². The summed E-state index contributed by atoms with van der Waals surface area (Å²) in [6.07, 6.45) is 0. The lowest BCUT2D eigenvalue weighted by molar-refractivity contribution is 0.835. The summed E-state index contributed by atoms with van der Waals surface area (Å²) in [5, 5.41) is 5.21. The molecule has 0 amide bonds. The highest BCUT2D eigenvalue weighted by atomic mass is 79.9. The molecule has 0 radical (unpaired) electrons. The largest absolute Gasteiger partial charge is 0.343 e. The summed E-state index contributed by atoms with van der Waals surface area (Å²) < 4.78 is 0.923. The molecule has 0 aromatic carbocycles. The molecule has 2 rings (SSSR count). The number of rotatable bonds is 4. The number of thiophene rings is 1. The third-order valence-corrected chi connectivity index (χ3v) is 4.51. The van der Waals surface area contributed by atoms with E-state index in [4.69, 9.17) is 0 Å². The molecular formula is C10H11BrN2S2. The Bertz CT molecular complexity index is 411. The first-order valence-corrected chi connectivity index (χ1v) is 7.23. The second-order valence-electron chi connectivity index (χ2n) is 3.05. The molecule has 2 nitrogen and oxygen atoms in total. The molecule has 0 aliphatic carbocycles. The summed E-state index contributed by atoms with van der Waals surface area (Å²) in [7, 11) is 0. The second-order valence-corrected chi connectivity index (χ2v) is 5.73. The molecule has 0 unspecified atom stereocenters. The Hall–Kier alpha value is -0.390. The molecule has 80 valence electrons. The predicted molar refractivity (Wildman–Crippen MR) is 70.9 cm³/mol. The van der Waals surface area contributed by atoms with Gasteiger partial charge in [-0.15, -0.1) is 22.7 Å². The summed E-state index contributed by atoms with van der Waals surface area (Å²) in [6.45, 7) is 4.09. The molecule has 0 atom stereocenters. The lowest BCUT2D eigenvalue weighted by Gasteiger charge is -2.18. The normalized spacial score (nSPS) is 10.5. The molecular weight excluding hydrogens is 292 g/mol. The van der Waals surface area contributed by atoms with Gasteiger partial charge < -0.3 is 4.90 Å². The van der Waals surface area contributed by atoms with Crippen LogP contribution in [0.5, 0.6) is 0 Å². The maximum absolute atomic E-state index is 4.43. The van der Waals surface area contributed by atoms with Gasteiger partial charge in [0.1, 0.15) is 4.60 Å². The average Bonchev–Trinajstić information content (AvgIpc) is 2.85. The molecule has 0 aliphatic heterocycles. The fourth-order valence-electron chi connectivity index (χ4n) is 1.30. The number of halogens is 1. The zero-order valence-corrected chi connectivity index (χ0v) is 11.5. The Morgan fingerprint density at radius 1 is 1.47 bits per heavy atom. The number of hydrogen-bond acceptors (Lipinski definition) is 4. The van der Waals surface area contributed by atoms with Crippen molar-refractivity contribution in [1.29, 1.82) is 0 Å². The van der Waals surface area contributed by atoms with Gasteiger partial charge in [-0.1, -0.05) is 6.07 Å². The molecule has 0 saturated carbocycles. The van der Waals surface area contributed by atoms with Gasteiger partial charge in [-0.2, -0.15) is 0 Å². The topological polar surface area (TPSA) is 16.1 Å². The Balaban J connectivity index is 2.11. The van der Waals surface area contributed by atoms with Crippen LogP contribution in [0.3, 0.4) is 0 Å². The van der Waals surface area contributed by atoms with Gasteiger partial charge in [0.15, 0.2) is 5.13 Å². The van der Waals surface area contributed by atoms with E-state index in [1.165, 1.54) is 4.88 Å². The van der Waals surface area contributed by atoms with Gasteiger partial charge in [-0.3, -0.25) is 0 Å². The molecule has 2 aromatic rings. The minimum Gasteiger partial charge on any atom is -0.343 e. The molecule has 0 fully saturated rings. The summed E-state index contributed by atoms with van der Waals surface area (Å²) in [5.41, 5.74) is 0. The molecule has 2 heterocycles. The fraction of sp³-hybridized carbons (Fsp3) is 0.300. The van der Waals surface area contributed by atoms with Crippen LogP contribution in [0.1, 0.15) is 11.8 Å². The lowest BCUT2D eigenvalue weighted by Crippen LogP contribution is -2.21. The summed E-state index contributed by atoms with van der Waals surface area (Å²) in [4.78, 5) is 8.09. The number of aromatic nitrogens is 1. The van der Waals surface area contributed by atoms with Crippen molar-refractivity contribution in [3.8, 4) is 0 Å². The Morgan fingerprint density at radius 3 is 2.87 bits per heavy atom. The van der Waals surface area contributed by atoms with E-state index < -0.39 is 0 Å². The molecule has 0 saturated heterocycles. The van der Waals surface area contributed by atoms with Crippen LogP contribution in [-0.4, -0.2) is 11.5 Å². The first kappa shape index (κ1) is 11.1. The van der Waals surface area contributed by atoms with Crippen molar-refractivity contribution < 1.29 is 0 Å². The van der Waals surface area contributed by atoms with Gasteiger partial charge in [0, 0.05) is 16.8 Å². The molecule has 0 aliphatic rings. The van der Waals surface area contributed by atoms with Crippen LogP contribution < -0.4 is 4.90 Å². The summed E-state index contributed by atoms with van der Waals surface area (Å²) >= 11 is 6.85. The van der Waals surface area contributed by atoms with Crippen molar-refractivity contribution in [3.05, 3.63) is 32.4 Å². The van der Waals surface area contributed by atoms with Crippen molar-refractivity contribution in [2.75, 3.05) is 11.4 Å². The molecule has 0 N–H and O–H groups in total. The van der Waals surface area contributed by atoms with Crippen LogP contribution in [0.2, 0.25) is 0 Å². The van der Waals surface area contributed by atoms with E-state index >= 15 is 0 Å². The Kier molecular flexibility index (Phi) is 3.77. The van der Waals surface area contributed by atoms with Gasteiger partial charge >= 0.3 is 0 Å².